The van der Waals surface area contributed by atoms with Crippen LogP contribution in [0.15, 0.2) is 54.9 Å². The monoisotopic (exact) mass is 408 g/mol. The van der Waals surface area contributed by atoms with Crippen LogP contribution in [0.1, 0.15) is 39.5 Å². The molecule has 0 unspecified atom stereocenters. The van der Waals surface area contributed by atoms with Gasteiger partial charge in [0.25, 0.3) is 0 Å². The van der Waals surface area contributed by atoms with Gasteiger partial charge in [0, 0.05) is 36.6 Å². The Hall–Kier alpha value is -3.12. The van der Waals surface area contributed by atoms with Crippen molar-refractivity contribution >= 4 is 5.97 Å². The molecule has 0 radical (unpaired) electrons. The van der Waals surface area contributed by atoms with Crippen LogP contribution in [-0.2, 0) is 12.8 Å². The van der Waals surface area contributed by atoms with Gasteiger partial charge in [0.05, 0.1) is 5.56 Å². The highest BCUT2D eigenvalue weighted by Crippen LogP contribution is 2.35. The normalized spacial score (nSPS) is 16.3. The van der Waals surface area contributed by atoms with Crippen LogP contribution < -0.4 is 0 Å². The number of aryl methyl sites for hydroxylation is 1. The molecule has 6 heteroatoms. The molecule has 0 fully saturated rings. The second kappa shape index (κ2) is 8.32. The average molecular weight is 408 g/mol. The molecule has 4 nitrogen and oxygen atoms in total. The van der Waals surface area contributed by atoms with Crippen molar-refractivity contribution < 1.29 is 18.7 Å². The zero-order valence-corrected chi connectivity index (χ0v) is 16.6. The number of fused-ring (bicyclic) bond motifs is 1. The third kappa shape index (κ3) is 3.96. The summed E-state index contributed by atoms with van der Waals surface area (Å²) in [6.07, 6.45) is 5.29. The third-order valence-corrected chi connectivity index (χ3v) is 5.83. The largest absolute Gasteiger partial charge is 0.478 e. The molecule has 0 saturated carbocycles. The van der Waals surface area contributed by atoms with Gasteiger partial charge in [-0.05, 0) is 66.8 Å². The average Bonchev–Trinajstić information content (AvgIpc) is 2.73. The van der Waals surface area contributed by atoms with Crippen LogP contribution in [0.5, 0.6) is 0 Å². The molecule has 1 N–H and O–H groups in total. The summed E-state index contributed by atoms with van der Waals surface area (Å²) in [5.41, 5.74) is 4.42. The number of likely N-dealkylation sites (N-methyl/N-ethyl adjacent to an activating group) is 1. The van der Waals surface area contributed by atoms with Gasteiger partial charge in [-0.2, -0.15) is 0 Å². The van der Waals surface area contributed by atoms with Crippen LogP contribution in [0.25, 0.3) is 11.1 Å². The Bertz CT molecular complexity index is 1100. The highest BCUT2D eigenvalue weighted by molar-refractivity contribution is 5.89. The van der Waals surface area contributed by atoms with Gasteiger partial charge in [-0.15, -0.1) is 0 Å². The quantitative estimate of drug-likeness (QED) is 0.653. The number of halogens is 2. The Kier molecular flexibility index (Phi) is 5.59. The number of nitrogens with zero attached hydrogens (tertiary/aromatic N) is 2. The lowest BCUT2D eigenvalue weighted by molar-refractivity contribution is 0.0695. The second-order valence-corrected chi connectivity index (χ2v) is 7.66. The third-order valence-electron chi connectivity index (χ3n) is 5.83. The lowest BCUT2D eigenvalue weighted by Gasteiger charge is -2.35. The van der Waals surface area contributed by atoms with Crippen LogP contribution in [0.2, 0.25) is 0 Å². The molecule has 2 heterocycles. The molecular formula is C24H22F2N2O2. The van der Waals surface area contributed by atoms with Gasteiger partial charge in [-0.1, -0.05) is 18.2 Å². The number of carboxylic acid groups (broad SMARTS) is 1. The molecule has 0 aliphatic carbocycles. The van der Waals surface area contributed by atoms with E-state index in [4.69, 9.17) is 0 Å². The van der Waals surface area contributed by atoms with Crippen molar-refractivity contribution in [3.8, 4) is 11.1 Å². The number of hydrogen-bond donors (Lipinski definition) is 1. The smallest absolute Gasteiger partial charge is 0.336 e. The number of aromatic nitrogens is 1. The Balaban J connectivity index is 1.61. The minimum Gasteiger partial charge on any atom is -0.478 e. The number of hydrogen-bond acceptors (Lipinski definition) is 3. The zero-order chi connectivity index (χ0) is 21.3. The maximum Gasteiger partial charge on any atom is 0.336 e. The van der Waals surface area contributed by atoms with Crippen molar-refractivity contribution in [3.63, 3.8) is 0 Å². The van der Waals surface area contributed by atoms with Crippen molar-refractivity contribution in [2.24, 2.45) is 0 Å². The van der Waals surface area contributed by atoms with Crippen LogP contribution in [0.4, 0.5) is 8.78 Å². The fourth-order valence-electron chi connectivity index (χ4n) is 4.23. The first-order valence-corrected chi connectivity index (χ1v) is 9.88. The summed E-state index contributed by atoms with van der Waals surface area (Å²) >= 11 is 0. The number of benzene rings is 2. The van der Waals surface area contributed by atoms with E-state index < -0.39 is 17.6 Å². The Labute approximate surface area is 173 Å². The van der Waals surface area contributed by atoms with E-state index >= 15 is 0 Å². The van der Waals surface area contributed by atoms with E-state index in [-0.39, 0.29) is 11.6 Å². The van der Waals surface area contributed by atoms with E-state index in [9.17, 15) is 18.7 Å². The van der Waals surface area contributed by atoms with Gasteiger partial charge in [-0.25, -0.2) is 13.6 Å². The van der Waals surface area contributed by atoms with Gasteiger partial charge in [0.2, 0.25) is 0 Å². The van der Waals surface area contributed by atoms with Crippen LogP contribution in [-0.4, -0.2) is 34.6 Å². The SMILES string of the molecule is CN1CCc2cc(-c3ccc(F)cc3F)ccc2[C@H]1CCc1cnccc1C(=O)O. The van der Waals surface area contributed by atoms with Gasteiger partial charge >= 0.3 is 5.97 Å². The number of carboxylic acids is 1. The molecule has 1 aliphatic rings. The Morgan fingerprint density at radius 1 is 1.20 bits per heavy atom. The minimum atomic E-state index is -0.948. The molecule has 1 aliphatic heterocycles. The summed E-state index contributed by atoms with van der Waals surface area (Å²) in [6, 6.07) is 11.2. The van der Waals surface area contributed by atoms with Crippen molar-refractivity contribution in [1.82, 2.24) is 9.88 Å². The Morgan fingerprint density at radius 2 is 2.03 bits per heavy atom. The summed E-state index contributed by atoms with van der Waals surface area (Å²) in [5, 5.41) is 9.40. The van der Waals surface area contributed by atoms with Gasteiger partial charge < -0.3 is 5.11 Å². The number of aromatic carboxylic acids is 1. The zero-order valence-electron chi connectivity index (χ0n) is 16.6. The molecule has 1 atom stereocenters. The maximum absolute atomic E-state index is 14.2. The summed E-state index contributed by atoms with van der Waals surface area (Å²) in [4.78, 5) is 17.8. The fourth-order valence-corrected chi connectivity index (χ4v) is 4.23. The topological polar surface area (TPSA) is 53.4 Å². The van der Waals surface area contributed by atoms with E-state index in [1.165, 1.54) is 24.4 Å². The predicted octanol–water partition coefficient (Wildman–Crippen LogP) is 4.89. The number of rotatable bonds is 5. The van der Waals surface area contributed by atoms with Crippen molar-refractivity contribution in [2.75, 3.05) is 13.6 Å². The second-order valence-electron chi connectivity index (χ2n) is 7.66. The van der Waals surface area contributed by atoms with Crippen LogP contribution in [0.3, 0.4) is 0 Å². The first kappa shape index (κ1) is 20.2. The molecule has 4 rings (SSSR count). The van der Waals surface area contributed by atoms with Gasteiger partial charge in [-0.3, -0.25) is 9.88 Å². The van der Waals surface area contributed by atoms with E-state index in [0.717, 1.165) is 47.7 Å². The molecule has 0 spiro atoms. The molecule has 0 amide bonds. The lowest BCUT2D eigenvalue weighted by Crippen LogP contribution is -2.32. The van der Waals surface area contributed by atoms with Gasteiger partial charge in [0.15, 0.2) is 0 Å². The molecular weight excluding hydrogens is 386 g/mol. The fraction of sp³-hybridized carbons (Fsp3) is 0.250. The molecule has 0 saturated heterocycles. The highest BCUT2D eigenvalue weighted by Gasteiger charge is 2.25. The van der Waals surface area contributed by atoms with Crippen LogP contribution in [0, 0.1) is 11.6 Å². The first-order valence-electron chi connectivity index (χ1n) is 9.88. The van der Waals surface area contributed by atoms with E-state index in [1.54, 1.807) is 6.20 Å². The molecule has 2 aromatic carbocycles. The molecule has 30 heavy (non-hydrogen) atoms. The number of pyridine rings is 1. The standard InChI is InChI=1S/C24H22F2N2O2/c1-28-11-9-16-12-15(19-6-4-18(25)13-22(19)26)2-5-20(16)23(28)7-3-17-14-27-10-8-21(17)24(29)30/h2,4-6,8,10,12-14,23H,3,7,9,11H2,1H3,(H,29,30)/t23-/m1/s1. The van der Waals surface area contributed by atoms with Crippen molar-refractivity contribution in [3.05, 3.63) is 88.7 Å². The maximum atomic E-state index is 14.2. The summed E-state index contributed by atoms with van der Waals surface area (Å²) in [6.45, 7) is 0.853. The summed E-state index contributed by atoms with van der Waals surface area (Å²) in [7, 11) is 2.06. The molecule has 3 aromatic rings. The summed E-state index contributed by atoms with van der Waals surface area (Å²) < 4.78 is 27.5. The summed E-state index contributed by atoms with van der Waals surface area (Å²) in [5.74, 6) is -2.11. The number of carbonyl (C=O) groups is 1. The minimum absolute atomic E-state index is 0.128. The van der Waals surface area contributed by atoms with E-state index in [1.807, 2.05) is 18.2 Å². The predicted molar refractivity (Wildman–Crippen MR) is 110 cm³/mol. The van der Waals surface area contributed by atoms with Gasteiger partial charge in [0.1, 0.15) is 11.6 Å². The van der Waals surface area contributed by atoms with Crippen LogP contribution >= 0.6 is 0 Å². The molecule has 1 aromatic heterocycles. The van der Waals surface area contributed by atoms with E-state index in [0.29, 0.717) is 12.0 Å². The highest BCUT2D eigenvalue weighted by atomic mass is 19.1. The lowest BCUT2D eigenvalue weighted by atomic mass is 9.87. The van der Waals surface area contributed by atoms with Crippen molar-refractivity contribution in [1.29, 1.82) is 0 Å². The van der Waals surface area contributed by atoms with Crippen molar-refractivity contribution in [2.45, 2.75) is 25.3 Å². The molecule has 154 valence electrons. The first-order chi connectivity index (χ1) is 14.4. The Morgan fingerprint density at radius 3 is 2.80 bits per heavy atom. The van der Waals surface area contributed by atoms with E-state index in [2.05, 4.69) is 16.9 Å². The molecule has 0 bridgehead atoms.